The molecule has 2 aliphatic heterocycles. The van der Waals surface area contributed by atoms with Crippen molar-refractivity contribution in [3.8, 4) is 0 Å². The van der Waals surface area contributed by atoms with E-state index in [0.29, 0.717) is 25.1 Å². The van der Waals surface area contributed by atoms with Gasteiger partial charge < -0.3 is 9.80 Å². The average Bonchev–Trinajstić information content (AvgIpc) is 2.93. The first kappa shape index (κ1) is 12.1. The van der Waals surface area contributed by atoms with Gasteiger partial charge in [-0.15, -0.1) is 0 Å². The van der Waals surface area contributed by atoms with Crippen LogP contribution in [0.5, 0.6) is 0 Å². The second kappa shape index (κ2) is 4.64. The van der Waals surface area contributed by atoms with E-state index < -0.39 is 0 Å². The Bertz CT molecular complexity index is 529. The van der Waals surface area contributed by atoms with Gasteiger partial charge >= 0.3 is 0 Å². The molecule has 0 aromatic carbocycles. The SMILES string of the molecule is CCCN1CC(N2Cc3ncccc3C2=O)CC1=O. The van der Waals surface area contributed by atoms with Crippen LogP contribution in [0.3, 0.4) is 0 Å². The van der Waals surface area contributed by atoms with Gasteiger partial charge in [0.15, 0.2) is 0 Å². The Balaban J connectivity index is 1.76. The Kier molecular flexibility index (Phi) is 2.97. The molecule has 5 heteroatoms. The summed E-state index contributed by atoms with van der Waals surface area (Å²) in [5, 5.41) is 0. The van der Waals surface area contributed by atoms with Crippen molar-refractivity contribution in [2.75, 3.05) is 13.1 Å². The maximum atomic E-state index is 12.3. The van der Waals surface area contributed by atoms with Crippen molar-refractivity contribution in [3.05, 3.63) is 29.6 Å². The summed E-state index contributed by atoms with van der Waals surface area (Å²) in [6, 6.07) is 3.59. The molecule has 5 nitrogen and oxygen atoms in total. The van der Waals surface area contributed by atoms with E-state index in [2.05, 4.69) is 11.9 Å². The molecule has 3 heterocycles. The fourth-order valence-electron chi connectivity index (χ4n) is 2.89. The lowest BCUT2D eigenvalue weighted by molar-refractivity contribution is -0.127. The normalized spacial score (nSPS) is 22.3. The topological polar surface area (TPSA) is 53.5 Å². The Morgan fingerprint density at radius 3 is 3.00 bits per heavy atom. The van der Waals surface area contributed by atoms with Crippen LogP contribution in [0.2, 0.25) is 0 Å². The first-order valence-electron chi connectivity index (χ1n) is 6.73. The van der Waals surface area contributed by atoms with Gasteiger partial charge in [0.2, 0.25) is 5.91 Å². The number of likely N-dealkylation sites (tertiary alicyclic amines) is 1. The van der Waals surface area contributed by atoms with Gasteiger partial charge in [-0.1, -0.05) is 6.92 Å². The predicted octanol–water partition coefficient (Wildman–Crippen LogP) is 1.05. The number of fused-ring (bicyclic) bond motifs is 1. The molecule has 100 valence electrons. The smallest absolute Gasteiger partial charge is 0.256 e. The van der Waals surface area contributed by atoms with Gasteiger partial charge in [-0.25, -0.2) is 0 Å². The number of pyridine rings is 1. The molecule has 19 heavy (non-hydrogen) atoms. The van der Waals surface area contributed by atoms with Crippen LogP contribution < -0.4 is 0 Å². The molecular weight excluding hydrogens is 242 g/mol. The van der Waals surface area contributed by atoms with Gasteiger partial charge in [0.1, 0.15) is 0 Å². The molecule has 0 N–H and O–H groups in total. The van der Waals surface area contributed by atoms with Crippen molar-refractivity contribution in [2.24, 2.45) is 0 Å². The van der Waals surface area contributed by atoms with Crippen molar-refractivity contribution >= 4 is 11.8 Å². The fourth-order valence-corrected chi connectivity index (χ4v) is 2.89. The molecule has 1 saturated heterocycles. The zero-order chi connectivity index (χ0) is 13.4. The highest BCUT2D eigenvalue weighted by atomic mass is 16.2. The Labute approximate surface area is 112 Å². The van der Waals surface area contributed by atoms with E-state index in [-0.39, 0.29) is 17.9 Å². The summed E-state index contributed by atoms with van der Waals surface area (Å²) in [5.74, 6) is 0.169. The highest BCUT2D eigenvalue weighted by Crippen LogP contribution is 2.27. The van der Waals surface area contributed by atoms with Gasteiger partial charge in [-0.2, -0.15) is 0 Å². The van der Waals surface area contributed by atoms with Crippen LogP contribution in [-0.2, 0) is 11.3 Å². The number of hydrogen-bond acceptors (Lipinski definition) is 3. The van der Waals surface area contributed by atoms with Crippen molar-refractivity contribution in [1.29, 1.82) is 0 Å². The second-order valence-corrected chi connectivity index (χ2v) is 5.13. The van der Waals surface area contributed by atoms with Crippen molar-refractivity contribution in [3.63, 3.8) is 0 Å². The number of hydrogen-bond donors (Lipinski definition) is 0. The molecule has 1 aromatic heterocycles. The molecular formula is C14H17N3O2. The lowest BCUT2D eigenvalue weighted by Gasteiger charge is -2.23. The van der Waals surface area contributed by atoms with Gasteiger partial charge in [-0.05, 0) is 18.6 Å². The minimum atomic E-state index is 0.000694. The van der Waals surface area contributed by atoms with Crippen LogP contribution in [0.4, 0.5) is 0 Å². The van der Waals surface area contributed by atoms with Crippen molar-refractivity contribution in [2.45, 2.75) is 32.4 Å². The zero-order valence-electron chi connectivity index (χ0n) is 11.0. The third kappa shape index (κ3) is 1.99. The summed E-state index contributed by atoms with van der Waals surface area (Å²) in [6.07, 6.45) is 3.10. The van der Waals surface area contributed by atoms with Crippen LogP contribution in [0, 0.1) is 0 Å². The van der Waals surface area contributed by atoms with E-state index in [1.54, 1.807) is 17.2 Å². The van der Waals surface area contributed by atoms with Gasteiger partial charge in [0.05, 0.1) is 23.8 Å². The Morgan fingerprint density at radius 1 is 1.42 bits per heavy atom. The van der Waals surface area contributed by atoms with E-state index in [0.717, 1.165) is 18.7 Å². The van der Waals surface area contributed by atoms with E-state index in [1.165, 1.54) is 0 Å². The average molecular weight is 259 g/mol. The largest absolute Gasteiger partial charge is 0.341 e. The molecule has 0 radical (unpaired) electrons. The standard InChI is InChI=1S/C14H17N3O2/c1-2-6-16-8-10(7-13(16)18)17-9-12-11(14(17)19)4-3-5-15-12/h3-5,10H,2,6-9H2,1H3. The third-order valence-electron chi connectivity index (χ3n) is 3.83. The Hall–Kier alpha value is -1.91. The van der Waals surface area contributed by atoms with Crippen molar-refractivity contribution in [1.82, 2.24) is 14.8 Å². The van der Waals surface area contributed by atoms with E-state index in [9.17, 15) is 9.59 Å². The predicted molar refractivity (Wildman–Crippen MR) is 69.4 cm³/mol. The summed E-state index contributed by atoms with van der Waals surface area (Å²) in [6.45, 7) is 4.03. The summed E-state index contributed by atoms with van der Waals surface area (Å²) in [5.41, 5.74) is 1.51. The minimum absolute atomic E-state index is 0.000694. The van der Waals surface area contributed by atoms with Crippen LogP contribution >= 0.6 is 0 Å². The first-order chi connectivity index (χ1) is 9.20. The molecule has 0 bridgehead atoms. The quantitative estimate of drug-likeness (QED) is 0.815. The van der Waals surface area contributed by atoms with Crippen LogP contribution in [-0.4, -0.2) is 45.7 Å². The summed E-state index contributed by atoms with van der Waals surface area (Å²) in [4.78, 5) is 32.1. The Morgan fingerprint density at radius 2 is 2.26 bits per heavy atom. The second-order valence-electron chi connectivity index (χ2n) is 5.13. The highest BCUT2D eigenvalue weighted by molar-refractivity contribution is 5.98. The number of carbonyl (C=O) groups excluding carboxylic acids is 2. The zero-order valence-corrected chi connectivity index (χ0v) is 11.0. The lowest BCUT2D eigenvalue weighted by atomic mass is 10.2. The van der Waals surface area contributed by atoms with Gasteiger partial charge in [-0.3, -0.25) is 14.6 Å². The maximum absolute atomic E-state index is 12.3. The molecule has 0 spiro atoms. The third-order valence-corrected chi connectivity index (χ3v) is 3.83. The maximum Gasteiger partial charge on any atom is 0.256 e. The summed E-state index contributed by atoms with van der Waals surface area (Å²) in [7, 11) is 0. The van der Waals surface area contributed by atoms with E-state index >= 15 is 0 Å². The minimum Gasteiger partial charge on any atom is -0.341 e. The number of nitrogens with zero attached hydrogens (tertiary/aromatic N) is 3. The van der Waals surface area contributed by atoms with Crippen LogP contribution in [0.15, 0.2) is 18.3 Å². The summed E-state index contributed by atoms with van der Waals surface area (Å²) >= 11 is 0. The number of rotatable bonds is 3. The first-order valence-corrected chi connectivity index (χ1v) is 6.73. The summed E-state index contributed by atoms with van der Waals surface area (Å²) < 4.78 is 0. The van der Waals surface area contributed by atoms with Gasteiger partial charge in [0.25, 0.3) is 5.91 Å². The van der Waals surface area contributed by atoms with Crippen LogP contribution in [0.25, 0.3) is 0 Å². The molecule has 1 aromatic rings. The molecule has 1 unspecified atom stereocenters. The number of amides is 2. The molecule has 3 rings (SSSR count). The number of aromatic nitrogens is 1. The monoisotopic (exact) mass is 259 g/mol. The van der Waals surface area contributed by atoms with Gasteiger partial charge in [0, 0.05) is 25.7 Å². The molecule has 0 aliphatic carbocycles. The number of carbonyl (C=O) groups is 2. The molecule has 2 amide bonds. The van der Waals surface area contributed by atoms with Crippen LogP contribution in [0.1, 0.15) is 35.8 Å². The van der Waals surface area contributed by atoms with Crippen molar-refractivity contribution < 1.29 is 9.59 Å². The molecule has 1 fully saturated rings. The fraction of sp³-hybridized carbons (Fsp3) is 0.500. The molecule has 1 atom stereocenters. The molecule has 2 aliphatic rings. The molecule has 0 saturated carbocycles. The van der Waals surface area contributed by atoms with E-state index in [4.69, 9.17) is 0 Å². The van der Waals surface area contributed by atoms with E-state index in [1.807, 2.05) is 11.0 Å². The highest BCUT2D eigenvalue weighted by Gasteiger charge is 2.39. The lowest BCUT2D eigenvalue weighted by Crippen LogP contribution is -2.37.